The van der Waals surface area contributed by atoms with Crippen molar-refractivity contribution in [3.05, 3.63) is 47.4 Å². The molecule has 0 saturated carbocycles. The second-order valence-electron chi connectivity index (χ2n) is 3.88. The Hall–Kier alpha value is -2.02. The maximum atomic E-state index is 13.6. The van der Waals surface area contributed by atoms with Gasteiger partial charge >= 0.3 is 6.36 Å². The van der Waals surface area contributed by atoms with Gasteiger partial charge in [0, 0.05) is 17.7 Å². The van der Waals surface area contributed by atoms with E-state index in [1.165, 1.54) is 18.4 Å². The first-order valence-electron chi connectivity index (χ1n) is 5.61. The Labute approximate surface area is 121 Å². The number of alkyl halides is 4. The number of hydrogen-bond acceptors (Lipinski definition) is 3. The summed E-state index contributed by atoms with van der Waals surface area (Å²) in [5, 5.41) is 0. The van der Waals surface area contributed by atoms with Gasteiger partial charge in [0.2, 0.25) is 5.89 Å². The normalized spacial score (nSPS) is 12.0. The van der Waals surface area contributed by atoms with Crippen LogP contribution < -0.4 is 4.74 Å². The van der Waals surface area contributed by atoms with E-state index in [-0.39, 0.29) is 17.3 Å². The van der Waals surface area contributed by atoms with Crippen molar-refractivity contribution in [3.8, 4) is 5.75 Å². The Morgan fingerprint density at radius 3 is 2.62 bits per heavy atom. The van der Waals surface area contributed by atoms with Crippen molar-refractivity contribution in [1.29, 1.82) is 0 Å². The minimum Gasteiger partial charge on any atom is -0.445 e. The molecule has 0 aliphatic heterocycles. The maximum Gasteiger partial charge on any atom is 0.573 e. The zero-order chi connectivity index (χ0) is 15.5. The summed E-state index contributed by atoms with van der Waals surface area (Å²) in [5.41, 5.74) is 0.584. The molecule has 1 aromatic heterocycles. The van der Waals surface area contributed by atoms with Crippen molar-refractivity contribution in [2.75, 3.05) is 0 Å². The molecule has 0 amide bonds. The molecular weight excluding hydrogens is 314 g/mol. The fraction of sp³-hybridized carbons (Fsp3) is 0.154. The zero-order valence-electron chi connectivity index (χ0n) is 10.3. The Balaban J connectivity index is 2.13. The first-order valence-corrected chi connectivity index (χ1v) is 6.14. The van der Waals surface area contributed by atoms with Gasteiger partial charge in [0.15, 0.2) is 0 Å². The van der Waals surface area contributed by atoms with Crippen LogP contribution in [0.3, 0.4) is 0 Å². The zero-order valence-corrected chi connectivity index (χ0v) is 11.1. The van der Waals surface area contributed by atoms with Crippen LogP contribution in [0, 0.1) is 5.82 Å². The Morgan fingerprint density at radius 2 is 2.05 bits per heavy atom. The lowest BCUT2D eigenvalue weighted by Crippen LogP contribution is -2.17. The van der Waals surface area contributed by atoms with Crippen molar-refractivity contribution in [2.24, 2.45) is 0 Å². The van der Waals surface area contributed by atoms with Gasteiger partial charge in [0.05, 0.1) is 11.6 Å². The highest BCUT2D eigenvalue weighted by Gasteiger charge is 2.31. The Morgan fingerprint density at radius 1 is 1.29 bits per heavy atom. The molecule has 1 heterocycles. The third-order valence-electron chi connectivity index (χ3n) is 2.32. The van der Waals surface area contributed by atoms with Crippen LogP contribution in [0.2, 0.25) is 0 Å². The summed E-state index contributed by atoms with van der Waals surface area (Å²) in [6.45, 7) is 0. The second-order valence-corrected chi connectivity index (χ2v) is 4.14. The third-order valence-corrected chi connectivity index (χ3v) is 2.59. The van der Waals surface area contributed by atoms with Gasteiger partial charge in [-0.25, -0.2) is 9.37 Å². The predicted octanol–water partition coefficient (Wildman–Crippen LogP) is 4.62. The van der Waals surface area contributed by atoms with Gasteiger partial charge in [0.25, 0.3) is 0 Å². The summed E-state index contributed by atoms with van der Waals surface area (Å²) in [4.78, 5) is 3.96. The molecule has 0 saturated heterocycles. The van der Waals surface area contributed by atoms with Gasteiger partial charge in [-0.1, -0.05) is 0 Å². The van der Waals surface area contributed by atoms with Crippen LogP contribution in [0.1, 0.15) is 17.1 Å². The van der Waals surface area contributed by atoms with Crippen LogP contribution in [0.4, 0.5) is 17.6 Å². The van der Waals surface area contributed by atoms with Gasteiger partial charge in [-0.3, -0.25) is 0 Å². The average molecular weight is 322 g/mol. The number of aromatic nitrogens is 1. The summed E-state index contributed by atoms with van der Waals surface area (Å²) in [6.07, 6.45) is -0.821. The number of ether oxygens (including phenoxy) is 1. The molecule has 1 aromatic carbocycles. The standard InChI is InChI=1S/C13H8ClF4NO2/c14-6-9-7-20-12(19-9)4-2-8-1-3-10(5-11(8)15)21-13(16,17)18/h1-5,7H,6H2. The van der Waals surface area contributed by atoms with E-state index in [2.05, 4.69) is 9.72 Å². The average Bonchev–Trinajstić information content (AvgIpc) is 2.84. The van der Waals surface area contributed by atoms with E-state index in [0.29, 0.717) is 11.8 Å². The lowest BCUT2D eigenvalue weighted by Gasteiger charge is -2.09. The number of benzene rings is 1. The smallest absolute Gasteiger partial charge is 0.445 e. The summed E-state index contributed by atoms with van der Waals surface area (Å²) < 4.78 is 58.2. The SMILES string of the molecule is Fc1cc(OC(F)(F)F)ccc1C=Cc1nc(CCl)co1. The van der Waals surface area contributed by atoms with Crippen molar-refractivity contribution in [1.82, 2.24) is 4.98 Å². The summed E-state index contributed by atoms with van der Waals surface area (Å²) in [6, 6.07) is 2.81. The van der Waals surface area contributed by atoms with Gasteiger partial charge in [-0.2, -0.15) is 0 Å². The van der Waals surface area contributed by atoms with Crippen LogP contribution in [0.15, 0.2) is 28.9 Å². The fourth-order valence-corrected chi connectivity index (χ4v) is 1.58. The van der Waals surface area contributed by atoms with Crippen molar-refractivity contribution in [2.45, 2.75) is 12.2 Å². The molecule has 0 fully saturated rings. The number of halogens is 5. The number of nitrogens with zero attached hydrogens (tertiary/aromatic N) is 1. The first-order chi connectivity index (χ1) is 9.87. The van der Waals surface area contributed by atoms with Gasteiger partial charge in [-0.15, -0.1) is 24.8 Å². The van der Waals surface area contributed by atoms with Crippen LogP contribution in [-0.2, 0) is 5.88 Å². The number of oxazole rings is 1. The van der Waals surface area contributed by atoms with E-state index < -0.39 is 17.9 Å². The molecule has 0 bridgehead atoms. The quantitative estimate of drug-likeness (QED) is 0.609. The predicted molar refractivity (Wildman–Crippen MR) is 68.1 cm³/mol. The van der Waals surface area contributed by atoms with E-state index in [9.17, 15) is 17.6 Å². The molecule has 0 radical (unpaired) electrons. The minimum atomic E-state index is -4.86. The lowest BCUT2D eigenvalue weighted by atomic mass is 10.2. The Bertz CT molecular complexity index is 652. The molecule has 2 rings (SSSR count). The highest BCUT2D eigenvalue weighted by Crippen LogP contribution is 2.25. The van der Waals surface area contributed by atoms with Crippen LogP contribution >= 0.6 is 11.6 Å². The molecule has 0 atom stereocenters. The fourth-order valence-electron chi connectivity index (χ4n) is 1.46. The topological polar surface area (TPSA) is 35.3 Å². The van der Waals surface area contributed by atoms with E-state index >= 15 is 0 Å². The highest BCUT2D eigenvalue weighted by atomic mass is 35.5. The van der Waals surface area contributed by atoms with Gasteiger partial charge in [-0.05, 0) is 18.2 Å². The van der Waals surface area contributed by atoms with E-state index in [4.69, 9.17) is 16.0 Å². The van der Waals surface area contributed by atoms with E-state index in [1.54, 1.807) is 0 Å². The molecule has 2 aromatic rings. The summed E-state index contributed by atoms with van der Waals surface area (Å²) in [7, 11) is 0. The number of rotatable bonds is 4. The minimum absolute atomic E-state index is 0.0650. The lowest BCUT2D eigenvalue weighted by molar-refractivity contribution is -0.274. The number of hydrogen-bond donors (Lipinski definition) is 0. The molecule has 0 aliphatic rings. The second kappa shape index (κ2) is 6.17. The van der Waals surface area contributed by atoms with Crippen LogP contribution in [0.25, 0.3) is 12.2 Å². The molecular formula is C13H8ClF4NO2. The van der Waals surface area contributed by atoms with Crippen molar-refractivity contribution < 1.29 is 26.7 Å². The summed E-state index contributed by atoms with van der Waals surface area (Å²) in [5.74, 6) is -1.11. The highest BCUT2D eigenvalue weighted by molar-refractivity contribution is 6.16. The molecule has 112 valence electrons. The van der Waals surface area contributed by atoms with E-state index in [0.717, 1.165) is 12.1 Å². The molecule has 21 heavy (non-hydrogen) atoms. The molecule has 0 spiro atoms. The van der Waals surface area contributed by atoms with E-state index in [1.807, 2.05) is 0 Å². The van der Waals surface area contributed by atoms with Crippen molar-refractivity contribution >= 4 is 23.8 Å². The van der Waals surface area contributed by atoms with Gasteiger partial charge < -0.3 is 9.15 Å². The molecule has 8 heteroatoms. The molecule has 0 unspecified atom stereocenters. The van der Waals surface area contributed by atoms with Crippen LogP contribution in [-0.4, -0.2) is 11.3 Å². The molecule has 3 nitrogen and oxygen atoms in total. The molecule has 0 N–H and O–H groups in total. The third kappa shape index (κ3) is 4.49. The first kappa shape index (κ1) is 15.4. The largest absolute Gasteiger partial charge is 0.573 e. The summed E-state index contributed by atoms with van der Waals surface area (Å²) >= 11 is 5.54. The monoisotopic (exact) mass is 321 g/mol. The van der Waals surface area contributed by atoms with Gasteiger partial charge in [0.1, 0.15) is 17.8 Å². The van der Waals surface area contributed by atoms with Crippen molar-refractivity contribution in [3.63, 3.8) is 0 Å². The van der Waals surface area contributed by atoms with Crippen LogP contribution in [0.5, 0.6) is 5.75 Å². The Kier molecular flexibility index (Phi) is 4.52. The maximum absolute atomic E-state index is 13.6. The molecule has 0 aliphatic carbocycles.